The van der Waals surface area contributed by atoms with Crippen molar-refractivity contribution in [1.82, 2.24) is 10.2 Å². The largest absolute Gasteiger partial charge is 0.459 e. The van der Waals surface area contributed by atoms with Crippen LogP contribution in [0, 0.1) is 0 Å². The topological polar surface area (TPSA) is 15.3 Å². The van der Waals surface area contributed by atoms with Crippen LogP contribution in [-0.4, -0.2) is 37.4 Å². The summed E-state index contributed by atoms with van der Waals surface area (Å²) in [7, 11) is 1.08. The van der Waals surface area contributed by atoms with Gasteiger partial charge >= 0.3 is 6.30 Å². The van der Waals surface area contributed by atoms with Gasteiger partial charge in [0.2, 0.25) is 0 Å². The zero-order chi connectivity index (χ0) is 9.19. The first-order valence-electron chi connectivity index (χ1n) is 4.01. The molecule has 1 aliphatic heterocycles. The maximum absolute atomic E-state index is 12.0. The second kappa shape index (κ2) is 3.62. The van der Waals surface area contributed by atoms with E-state index in [1.807, 2.05) is 0 Å². The average molecular weight is 182 g/mol. The van der Waals surface area contributed by atoms with Gasteiger partial charge in [-0.1, -0.05) is 0 Å². The van der Waals surface area contributed by atoms with Crippen molar-refractivity contribution in [3.63, 3.8) is 0 Å². The molecule has 0 unspecified atom stereocenters. The molecular weight excluding hydrogens is 169 g/mol. The summed E-state index contributed by atoms with van der Waals surface area (Å²) < 4.78 is 36.0. The van der Waals surface area contributed by atoms with Crippen molar-refractivity contribution in [2.75, 3.05) is 20.1 Å². The molecule has 0 bridgehead atoms. The molecule has 0 aliphatic carbocycles. The number of halogens is 3. The van der Waals surface area contributed by atoms with Gasteiger partial charge < -0.3 is 5.32 Å². The summed E-state index contributed by atoms with van der Waals surface area (Å²) >= 11 is 0. The Kier molecular flexibility index (Phi) is 2.95. The molecule has 1 saturated heterocycles. The normalized spacial score (nSPS) is 25.2. The van der Waals surface area contributed by atoms with Crippen molar-refractivity contribution in [2.24, 2.45) is 0 Å². The molecule has 5 heteroatoms. The number of alkyl halides is 3. The number of nitrogens with one attached hydrogen (secondary N) is 1. The molecule has 0 amide bonds. The molecule has 0 aromatic rings. The summed E-state index contributed by atoms with van der Waals surface area (Å²) in [6.07, 6.45) is -2.36. The van der Waals surface area contributed by atoms with E-state index in [2.05, 4.69) is 5.32 Å². The molecule has 1 rings (SSSR count). The Morgan fingerprint density at radius 3 is 2.58 bits per heavy atom. The number of likely N-dealkylation sites (N-methyl/N-ethyl adjacent to an activating group) is 1. The lowest BCUT2D eigenvalue weighted by Crippen LogP contribution is -2.42. The minimum Gasteiger partial charge on any atom is -0.313 e. The molecule has 72 valence electrons. The van der Waals surface area contributed by atoms with E-state index >= 15 is 0 Å². The third-order valence-electron chi connectivity index (χ3n) is 2.09. The minimum atomic E-state index is -4.19. The van der Waals surface area contributed by atoms with Crippen molar-refractivity contribution in [2.45, 2.75) is 25.2 Å². The van der Waals surface area contributed by atoms with Crippen LogP contribution in [0.5, 0.6) is 0 Å². The Labute approximate surface area is 69.7 Å². The van der Waals surface area contributed by atoms with Crippen LogP contribution in [0.3, 0.4) is 0 Å². The van der Waals surface area contributed by atoms with Crippen LogP contribution in [0.4, 0.5) is 13.2 Å². The van der Waals surface area contributed by atoms with Gasteiger partial charge in [-0.05, 0) is 26.4 Å². The van der Waals surface area contributed by atoms with Gasteiger partial charge in [-0.25, -0.2) is 4.90 Å². The lowest BCUT2D eigenvalue weighted by atomic mass is 10.2. The molecule has 1 atom stereocenters. The van der Waals surface area contributed by atoms with Gasteiger partial charge in [0, 0.05) is 12.6 Å². The van der Waals surface area contributed by atoms with Gasteiger partial charge in [0.05, 0.1) is 0 Å². The standard InChI is InChI=1S/C7H13F3N2/c1-12(7(8,9)10)5-6-3-2-4-11-6/h6,11H,2-5H2,1H3/t6-/m0/s1. The molecule has 0 radical (unpaired) electrons. The maximum Gasteiger partial charge on any atom is 0.459 e. The predicted octanol–water partition coefficient (Wildman–Crippen LogP) is 1.19. The lowest BCUT2D eigenvalue weighted by molar-refractivity contribution is -0.237. The lowest BCUT2D eigenvalue weighted by Gasteiger charge is -2.23. The molecule has 0 spiro atoms. The van der Waals surface area contributed by atoms with Gasteiger partial charge in [0.25, 0.3) is 0 Å². The first kappa shape index (κ1) is 9.80. The highest BCUT2D eigenvalue weighted by Gasteiger charge is 2.35. The fourth-order valence-electron chi connectivity index (χ4n) is 1.35. The van der Waals surface area contributed by atoms with Crippen LogP contribution in [0.2, 0.25) is 0 Å². The highest BCUT2D eigenvalue weighted by molar-refractivity contribution is 4.77. The molecule has 2 nitrogen and oxygen atoms in total. The van der Waals surface area contributed by atoms with Crippen LogP contribution >= 0.6 is 0 Å². The van der Waals surface area contributed by atoms with Gasteiger partial charge in [-0.3, -0.25) is 0 Å². The monoisotopic (exact) mass is 182 g/mol. The van der Waals surface area contributed by atoms with E-state index in [1.54, 1.807) is 0 Å². The van der Waals surface area contributed by atoms with Crippen LogP contribution in [0.15, 0.2) is 0 Å². The average Bonchev–Trinajstić information content (AvgIpc) is 2.37. The molecule has 0 aromatic heterocycles. The van der Waals surface area contributed by atoms with Crippen molar-refractivity contribution in [1.29, 1.82) is 0 Å². The van der Waals surface area contributed by atoms with Crippen molar-refractivity contribution in [3.8, 4) is 0 Å². The van der Waals surface area contributed by atoms with E-state index in [0.29, 0.717) is 4.90 Å². The first-order chi connectivity index (χ1) is 5.50. The van der Waals surface area contributed by atoms with E-state index in [-0.39, 0.29) is 12.6 Å². The summed E-state index contributed by atoms with van der Waals surface area (Å²) in [5.41, 5.74) is 0. The van der Waals surface area contributed by atoms with Crippen molar-refractivity contribution < 1.29 is 13.2 Å². The van der Waals surface area contributed by atoms with E-state index in [1.165, 1.54) is 0 Å². The molecular formula is C7H13F3N2. The first-order valence-corrected chi connectivity index (χ1v) is 4.01. The minimum absolute atomic E-state index is 0.0108. The third-order valence-corrected chi connectivity index (χ3v) is 2.09. The summed E-state index contributed by atoms with van der Waals surface area (Å²) in [6, 6.07) is 0.0108. The summed E-state index contributed by atoms with van der Waals surface area (Å²) in [6.45, 7) is 0.903. The zero-order valence-electron chi connectivity index (χ0n) is 6.99. The highest BCUT2D eigenvalue weighted by Crippen LogP contribution is 2.20. The Bertz CT molecular complexity index is 140. The van der Waals surface area contributed by atoms with Gasteiger partial charge in [0.15, 0.2) is 0 Å². The van der Waals surface area contributed by atoms with Crippen LogP contribution in [0.25, 0.3) is 0 Å². The maximum atomic E-state index is 12.0. The number of nitrogens with zero attached hydrogens (tertiary/aromatic N) is 1. The molecule has 12 heavy (non-hydrogen) atoms. The predicted molar refractivity (Wildman–Crippen MR) is 39.7 cm³/mol. The van der Waals surface area contributed by atoms with E-state index < -0.39 is 6.30 Å². The van der Waals surface area contributed by atoms with E-state index in [4.69, 9.17) is 0 Å². The van der Waals surface area contributed by atoms with Gasteiger partial charge in [0.1, 0.15) is 0 Å². The van der Waals surface area contributed by atoms with E-state index in [0.717, 1.165) is 26.4 Å². The number of rotatable bonds is 2. The molecule has 1 aliphatic rings. The third kappa shape index (κ3) is 2.64. The molecule has 0 saturated carbocycles. The van der Waals surface area contributed by atoms with Gasteiger partial charge in [-0.15, -0.1) is 0 Å². The second-order valence-corrected chi connectivity index (χ2v) is 3.14. The molecule has 1 heterocycles. The molecule has 1 fully saturated rings. The van der Waals surface area contributed by atoms with E-state index in [9.17, 15) is 13.2 Å². The van der Waals surface area contributed by atoms with Crippen LogP contribution in [-0.2, 0) is 0 Å². The summed E-state index contributed by atoms with van der Waals surface area (Å²) in [5.74, 6) is 0. The Hall–Kier alpha value is -0.290. The van der Waals surface area contributed by atoms with Crippen LogP contribution in [0.1, 0.15) is 12.8 Å². The molecule has 0 aromatic carbocycles. The smallest absolute Gasteiger partial charge is 0.313 e. The molecule has 1 N–H and O–H groups in total. The number of hydrogen-bond acceptors (Lipinski definition) is 2. The Balaban J connectivity index is 2.30. The highest BCUT2D eigenvalue weighted by atomic mass is 19.4. The van der Waals surface area contributed by atoms with Crippen LogP contribution < -0.4 is 5.32 Å². The summed E-state index contributed by atoms with van der Waals surface area (Å²) in [4.78, 5) is 0.427. The Morgan fingerprint density at radius 1 is 1.50 bits per heavy atom. The summed E-state index contributed by atoms with van der Waals surface area (Å²) in [5, 5.41) is 3.02. The SMILES string of the molecule is CN(C[C@@H]1CCCN1)C(F)(F)F. The quantitative estimate of drug-likeness (QED) is 0.645. The fourth-order valence-corrected chi connectivity index (χ4v) is 1.35. The zero-order valence-corrected chi connectivity index (χ0v) is 6.99. The van der Waals surface area contributed by atoms with Gasteiger partial charge in [-0.2, -0.15) is 13.2 Å². The van der Waals surface area contributed by atoms with Crippen molar-refractivity contribution in [3.05, 3.63) is 0 Å². The van der Waals surface area contributed by atoms with Crippen molar-refractivity contribution >= 4 is 0 Å². The fraction of sp³-hybridized carbons (Fsp3) is 1.00. The number of hydrogen-bond donors (Lipinski definition) is 1. The second-order valence-electron chi connectivity index (χ2n) is 3.14. The Morgan fingerprint density at radius 2 is 2.17 bits per heavy atom.